The van der Waals surface area contributed by atoms with Crippen molar-refractivity contribution in [3.63, 3.8) is 0 Å². The molecular weight excluding hydrogens is 240 g/mol. The van der Waals surface area contributed by atoms with Crippen molar-refractivity contribution in [3.8, 4) is 0 Å². The van der Waals surface area contributed by atoms with Crippen LogP contribution in [-0.4, -0.2) is 52.6 Å². The van der Waals surface area contributed by atoms with Crippen LogP contribution in [0.2, 0.25) is 0 Å². The average Bonchev–Trinajstić information content (AvgIpc) is 2.68. The molecule has 5 heteroatoms. The molecule has 0 aliphatic carbocycles. The van der Waals surface area contributed by atoms with E-state index in [4.69, 9.17) is 10.5 Å². The van der Waals surface area contributed by atoms with Crippen molar-refractivity contribution >= 4 is 0 Å². The number of rotatable bonds is 4. The first-order valence-corrected chi connectivity index (χ1v) is 7.08. The fourth-order valence-electron chi connectivity index (χ4n) is 2.65. The van der Waals surface area contributed by atoms with Crippen LogP contribution < -0.4 is 5.73 Å². The second-order valence-electron chi connectivity index (χ2n) is 5.77. The van der Waals surface area contributed by atoms with Crippen LogP contribution in [0.25, 0.3) is 0 Å². The van der Waals surface area contributed by atoms with E-state index in [1.807, 2.05) is 18.7 Å². The van der Waals surface area contributed by atoms with Gasteiger partial charge in [-0.1, -0.05) is 0 Å². The average molecular weight is 266 g/mol. The van der Waals surface area contributed by atoms with Crippen LogP contribution >= 0.6 is 0 Å². The second-order valence-corrected chi connectivity index (χ2v) is 5.77. The molecular formula is C14H26N4O. The molecule has 0 radical (unpaired) electrons. The molecule has 0 saturated carbocycles. The summed E-state index contributed by atoms with van der Waals surface area (Å²) in [7, 11) is 1.97. The van der Waals surface area contributed by atoms with Gasteiger partial charge in [0, 0.05) is 44.3 Å². The molecule has 1 aromatic rings. The van der Waals surface area contributed by atoms with Gasteiger partial charge < -0.3 is 10.5 Å². The topological polar surface area (TPSA) is 56.3 Å². The molecule has 1 aliphatic heterocycles. The van der Waals surface area contributed by atoms with Gasteiger partial charge in [-0.2, -0.15) is 5.10 Å². The Bertz CT molecular complexity index is 416. The summed E-state index contributed by atoms with van der Waals surface area (Å²) in [5.41, 5.74) is 8.54. The van der Waals surface area contributed by atoms with Crippen LogP contribution in [0.3, 0.4) is 0 Å². The SMILES string of the molecule is Cc1cc(CC(N)C2CN(C(C)C)CCO2)n(C)n1. The minimum atomic E-state index is 0.0244. The number of hydrogen-bond donors (Lipinski definition) is 1. The molecule has 2 heterocycles. The summed E-state index contributed by atoms with van der Waals surface area (Å²) in [5, 5.41) is 4.36. The number of morpholine rings is 1. The van der Waals surface area contributed by atoms with Gasteiger partial charge >= 0.3 is 0 Å². The lowest BCUT2D eigenvalue weighted by Gasteiger charge is -2.37. The lowest BCUT2D eigenvalue weighted by atomic mass is 10.0. The third-order valence-corrected chi connectivity index (χ3v) is 3.88. The van der Waals surface area contributed by atoms with Gasteiger partial charge in [-0.3, -0.25) is 9.58 Å². The maximum atomic E-state index is 6.33. The summed E-state index contributed by atoms with van der Waals surface area (Å²) >= 11 is 0. The second kappa shape index (κ2) is 6.03. The number of nitrogens with two attached hydrogens (primary N) is 1. The molecule has 2 unspecified atom stereocenters. The third-order valence-electron chi connectivity index (χ3n) is 3.88. The monoisotopic (exact) mass is 266 g/mol. The zero-order valence-electron chi connectivity index (χ0n) is 12.5. The van der Waals surface area contributed by atoms with E-state index in [1.165, 1.54) is 5.69 Å². The number of nitrogens with zero attached hydrogens (tertiary/aromatic N) is 3. The Kier molecular flexibility index (Phi) is 4.60. The van der Waals surface area contributed by atoms with Gasteiger partial charge in [0.05, 0.1) is 18.4 Å². The van der Waals surface area contributed by atoms with Gasteiger partial charge in [0.2, 0.25) is 0 Å². The molecule has 19 heavy (non-hydrogen) atoms. The Morgan fingerprint density at radius 1 is 1.53 bits per heavy atom. The van der Waals surface area contributed by atoms with Gasteiger partial charge in [0.25, 0.3) is 0 Å². The van der Waals surface area contributed by atoms with Gasteiger partial charge in [0.1, 0.15) is 0 Å². The highest BCUT2D eigenvalue weighted by Gasteiger charge is 2.27. The fraction of sp³-hybridized carbons (Fsp3) is 0.786. The minimum absolute atomic E-state index is 0.0244. The Hall–Kier alpha value is -0.910. The van der Waals surface area contributed by atoms with Gasteiger partial charge in [-0.25, -0.2) is 0 Å². The highest BCUT2D eigenvalue weighted by Crippen LogP contribution is 2.14. The number of aromatic nitrogens is 2. The van der Waals surface area contributed by atoms with Crippen LogP contribution in [0.5, 0.6) is 0 Å². The Morgan fingerprint density at radius 3 is 2.84 bits per heavy atom. The van der Waals surface area contributed by atoms with E-state index in [9.17, 15) is 0 Å². The predicted molar refractivity (Wildman–Crippen MR) is 76.1 cm³/mol. The molecule has 1 saturated heterocycles. The van der Waals surface area contributed by atoms with Gasteiger partial charge in [-0.15, -0.1) is 0 Å². The van der Waals surface area contributed by atoms with Crippen LogP contribution in [0.1, 0.15) is 25.2 Å². The molecule has 0 bridgehead atoms. The first-order chi connectivity index (χ1) is 8.97. The van der Waals surface area contributed by atoms with E-state index < -0.39 is 0 Å². The Balaban J connectivity index is 1.95. The van der Waals surface area contributed by atoms with Crippen molar-refractivity contribution in [1.29, 1.82) is 0 Å². The molecule has 0 spiro atoms. The first kappa shape index (κ1) is 14.5. The molecule has 0 amide bonds. The van der Waals surface area contributed by atoms with E-state index >= 15 is 0 Å². The molecule has 1 fully saturated rings. The molecule has 108 valence electrons. The van der Waals surface area contributed by atoms with Crippen molar-refractivity contribution in [2.45, 2.75) is 45.4 Å². The van der Waals surface area contributed by atoms with Crippen molar-refractivity contribution < 1.29 is 4.74 Å². The van der Waals surface area contributed by atoms with Crippen LogP contribution in [-0.2, 0) is 18.2 Å². The van der Waals surface area contributed by atoms with E-state index in [2.05, 4.69) is 29.9 Å². The standard InChI is InChI=1S/C14H26N4O/c1-10(2)18-5-6-19-14(9-18)13(15)8-12-7-11(3)16-17(12)4/h7,10,13-14H,5-6,8-9,15H2,1-4H3. The minimum Gasteiger partial charge on any atom is -0.374 e. The van der Waals surface area contributed by atoms with Crippen molar-refractivity contribution in [3.05, 3.63) is 17.5 Å². The van der Waals surface area contributed by atoms with Crippen molar-refractivity contribution in [1.82, 2.24) is 14.7 Å². The maximum Gasteiger partial charge on any atom is 0.0857 e. The van der Waals surface area contributed by atoms with Gasteiger partial charge in [-0.05, 0) is 26.8 Å². The molecule has 1 aliphatic rings. The first-order valence-electron chi connectivity index (χ1n) is 7.08. The third kappa shape index (κ3) is 3.55. The number of hydrogen-bond acceptors (Lipinski definition) is 4. The predicted octanol–water partition coefficient (Wildman–Crippen LogP) is 0.708. The van der Waals surface area contributed by atoms with E-state index in [0.29, 0.717) is 6.04 Å². The Morgan fingerprint density at radius 2 is 2.26 bits per heavy atom. The molecule has 2 rings (SSSR count). The van der Waals surface area contributed by atoms with Gasteiger partial charge in [0.15, 0.2) is 0 Å². The largest absolute Gasteiger partial charge is 0.374 e. The molecule has 0 aromatic carbocycles. The van der Waals surface area contributed by atoms with E-state index in [1.54, 1.807) is 0 Å². The molecule has 2 N–H and O–H groups in total. The summed E-state index contributed by atoms with van der Waals surface area (Å²) in [6.45, 7) is 9.16. The normalized spacial score (nSPS) is 22.9. The zero-order chi connectivity index (χ0) is 14.0. The molecule has 2 atom stereocenters. The summed E-state index contributed by atoms with van der Waals surface area (Å²) in [6, 6.07) is 2.68. The smallest absolute Gasteiger partial charge is 0.0857 e. The highest BCUT2D eigenvalue weighted by atomic mass is 16.5. The van der Waals surface area contributed by atoms with Crippen molar-refractivity contribution in [2.24, 2.45) is 12.8 Å². The fourth-order valence-corrected chi connectivity index (χ4v) is 2.65. The summed E-state index contributed by atoms with van der Waals surface area (Å²) in [6.07, 6.45) is 0.930. The van der Waals surface area contributed by atoms with Crippen LogP contribution in [0.4, 0.5) is 0 Å². The maximum absolute atomic E-state index is 6.33. The summed E-state index contributed by atoms with van der Waals surface area (Å²) < 4.78 is 7.76. The summed E-state index contributed by atoms with van der Waals surface area (Å²) in [4.78, 5) is 2.43. The highest BCUT2D eigenvalue weighted by molar-refractivity contribution is 5.10. The van der Waals surface area contributed by atoms with E-state index in [0.717, 1.165) is 31.8 Å². The number of aryl methyl sites for hydroxylation is 2. The lowest BCUT2D eigenvalue weighted by molar-refractivity contribution is -0.0497. The summed E-state index contributed by atoms with van der Waals surface area (Å²) in [5.74, 6) is 0. The lowest BCUT2D eigenvalue weighted by Crippen LogP contribution is -2.53. The quantitative estimate of drug-likeness (QED) is 0.872. The molecule has 5 nitrogen and oxygen atoms in total. The van der Waals surface area contributed by atoms with Crippen LogP contribution in [0.15, 0.2) is 6.07 Å². The zero-order valence-corrected chi connectivity index (χ0v) is 12.5. The van der Waals surface area contributed by atoms with E-state index in [-0.39, 0.29) is 12.1 Å². The molecule has 1 aromatic heterocycles. The Labute approximate surface area is 115 Å². The van der Waals surface area contributed by atoms with Crippen LogP contribution in [0, 0.1) is 6.92 Å². The van der Waals surface area contributed by atoms with Crippen molar-refractivity contribution in [2.75, 3.05) is 19.7 Å². The number of ether oxygens (including phenoxy) is 1.